The lowest BCUT2D eigenvalue weighted by molar-refractivity contribution is 0.0773. The maximum Gasteiger partial charge on any atom is 0.293 e. The largest absolute Gasteiger partial charge is 0.335 e. The van der Waals surface area contributed by atoms with Crippen molar-refractivity contribution < 1.29 is 9.18 Å². The van der Waals surface area contributed by atoms with Gasteiger partial charge in [-0.2, -0.15) is 11.3 Å². The number of amides is 1. The molecule has 0 unspecified atom stereocenters. The van der Waals surface area contributed by atoms with Gasteiger partial charge in [0.1, 0.15) is 5.82 Å². The fraction of sp³-hybridized carbons (Fsp3) is 0.105. The topological polar surface area (TPSA) is 51.0 Å². The monoisotopic (exact) mass is 398 g/mol. The Balaban J connectivity index is 1.72. The zero-order chi connectivity index (χ0) is 18.8. The Bertz CT molecular complexity index is 1060. The molecular formula is C19H15FN4OS2. The summed E-state index contributed by atoms with van der Waals surface area (Å²) in [6, 6.07) is 11.8. The van der Waals surface area contributed by atoms with Gasteiger partial charge in [-0.3, -0.25) is 4.79 Å². The molecule has 8 heteroatoms. The highest BCUT2D eigenvalue weighted by atomic mass is 32.1. The molecule has 5 nitrogen and oxygen atoms in total. The van der Waals surface area contributed by atoms with E-state index < -0.39 is 0 Å². The number of aromatic nitrogens is 3. The molecule has 0 saturated heterocycles. The van der Waals surface area contributed by atoms with Crippen LogP contribution in [-0.2, 0) is 6.54 Å². The zero-order valence-electron chi connectivity index (χ0n) is 14.4. The summed E-state index contributed by atoms with van der Waals surface area (Å²) in [5.74, 6) is -0.0555. The van der Waals surface area contributed by atoms with Crippen LogP contribution in [0.5, 0.6) is 0 Å². The number of benzene rings is 1. The second-order valence-electron chi connectivity index (χ2n) is 5.92. The first-order valence-corrected chi connectivity index (χ1v) is 9.97. The van der Waals surface area contributed by atoms with E-state index in [1.165, 1.54) is 28.2 Å². The van der Waals surface area contributed by atoms with E-state index in [0.717, 1.165) is 10.4 Å². The second-order valence-corrected chi connectivity index (χ2v) is 7.65. The van der Waals surface area contributed by atoms with Gasteiger partial charge in [0.2, 0.25) is 5.82 Å². The van der Waals surface area contributed by atoms with Crippen LogP contribution in [0.25, 0.3) is 16.4 Å². The summed E-state index contributed by atoms with van der Waals surface area (Å²) in [5.41, 5.74) is 1.57. The summed E-state index contributed by atoms with van der Waals surface area (Å²) in [6.45, 7) is 0.477. The molecule has 0 fully saturated rings. The van der Waals surface area contributed by atoms with Gasteiger partial charge < -0.3 is 4.90 Å². The average molecular weight is 398 g/mol. The molecule has 0 aliphatic rings. The molecule has 4 aromatic rings. The Labute approximate surface area is 163 Å². The highest BCUT2D eigenvalue weighted by molar-refractivity contribution is 7.13. The van der Waals surface area contributed by atoms with Crippen molar-refractivity contribution >= 4 is 28.6 Å². The third kappa shape index (κ3) is 3.67. The van der Waals surface area contributed by atoms with Gasteiger partial charge in [0.15, 0.2) is 5.82 Å². The first-order valence-electron chi connectivity index (χ1n) is 8.15. The lowest BCUT2D eigenvalue weighted by atomic mass is 10.3. The minimum Gasteiger partial charge on any atom is -0.335 e. The van der Waals surface area contributed by atoms with Crippen LogP contribution in [0.1, 0.15) is 16.2 Å². The van der Waals surface area contributed by atoms with Crippen LogP contribution in [0.3, 0.4) is 0 Å². The van der Waals surface area contributed by atoms with Gasteiger partial charge in [0.05, 0.1) is 10.6 Å². The number of hydrogen-bond acceptors (Lipinski definition) is 5. The minimum atomic E-state index is -0.373. The van der Waals surface area contributed by atoms with Gasteiger partial charge in [-0.1, -0.05) is 12.1 Å². The van der Waals surface area contributed by atoms with E-state index in [1.54, 1.807) is 35.4 Å². The molecule has 0 atom stereocenters. The Morgan fingerprint density at radius 1 is 1.22 bits per heavy atom. The number of nitrogens with zero attached hydrogens (tertiary/aromatic N) is 4. The zero-order valence-corrected chi connectivity index (χ0v) is 16.0. The van der Waals surface area contributed by atoms with Crippen LogP contribution in [0, 0.1) is 5.82 Å². The van der Waals surface area contributed by atoms with Crippen molar-refractivity contribution in [3.8, 4) is 16.4 Å². The minimum absolute atomic E-state index is 0.0837. The first kappa shape index (κ1) is 17.6. The van der Waals surface area contributed by atoms with Crippen LogP contribution in [-0.4, -0.2) is 32.6 Å². The molecule has 0 N–H and O–H groups in total. The van der Waals surface area contributed by atoms with Crippen molar-refractivity contribution in [2.45, 2.75) is 6.54 Å². The Kier molecular flexibility index (Phi) is 4.83. The van der Waals surface area contributed by atoms with Crippen LogP contribution in [0.4, 0.5) is 4.39 Å². The first-order chi connectivity index (χ1) is 13.1. The van der Waals surface area contributed by atoms with Gasteiger partial charge in [-0.25, -0.2) is 14.1 Å². The van der Waals surface area contributed by atoms with Crippen molar-refractivity contribution in [1.82, 2.24) is 19.7 Å². The van der Waals surface area contributed by atoms with E-state index in [1.807, 2.05) is 34.3 Å². The van der Waals surface area contributed by atoms with E-state index >= 15 is 0 Å². The van der Waals surface area contributed by atoms with Crippen LogP contribution < -0.4 is 0 Å². The molecule has 3 heterocycles. The number of thiophene rings is 2. The third-order valence-electron chi connectivity index (χ3n) is 3.94. The fourth-order valence-corrected chi connectivity index (χ4v) is 4.01. The van der Waals surface area contributed by atoms with E-state index in [9.17, 15) is 9.18 Å². The van der Waals surface area contributed by atoms with Gasteiger partial charge in [-0.05, 0) is 52.0 Å². The summed E-state index contributed by atoms with van der Waals surface area (Å²) in [7, 11) is 1.72. The summed E-state index contributed by atoms with van der Waals surface area (Å²) >= 11 is 3.07. The molecule has 1 amide bonds. The maximum atomic E-state index is 13.7. The van der Waals surface area contributed by atoms with Gasteiger partial charge >= 0.3 is 0 Å². The van der Waals surface area contributed by atoms with Crippen LogP contribution >= 0.6 is 22.7 Å². The lowest BCUT2D eigenvalue weighted by Crippen LogP contribution is -2.27. The predicted octanol–water partition coefficient (Wildman–Crippen LogP) is 4.47. The Morgan fingerprint density at radius 3 is 2.81 bits per heavy atom. The van der Waals surface area contributed by atoms with E-state index in [4.69, 9.17) is 0 Å². The molecule has 1 aromatic carbocycles. The normalized spacial score (nSPS) is 10.9. The van der Waals surface area contributed by atoms with Crippen molar-refractivity contribution in [2.75, 3.05) is 7.05 Å². The lowest BCUT2D eigenvalue weighted by Gasteiger charge is -2.13. The Morgan fingerprint density at radius 2 is 2.11 bits per heavy atom. The molecule has 0 bridgehead atoms. The number of rotatable bonds is 5. The van der Waals surface area contributed by atoms with Crippen molar-refractivity contribution in [1.29, 1.82) is 0 Å². The smallest absolute Gasteiger partial charge is 0.293 e. The molecular weight excluding hydrogens is 383 g/mol. The van der Waals surface area contributed by atoms with Gasteiger partial charge in [0, 0.05) is 13.6 Å². The molecule has 0 saturated carbocycles. The van der Waals surface area contributed by atoms with Gasteiger partial charge in [-0.15, -0.1) is 16.4 Å². The van der Waals surface area contributed by atoms with Gasteiger partial charge in [0.25, 0.3) is 5.91 Å². The summed E-state index contributed by atoms with van der Waals surface area (Å²) in [4.78, 5) is 19.7. The second kappa shape index (κ2) is 7.42. The number of hydrogen-bond donors (Lipinski definition) is 0. The summed E-state index contributed by atoms with van der Waals surface area (Å²) in [5, 5.41) is 10.3. The number of carbonyl (C=O) groups is 1. The molecule has 0 aliphatic heterocycles. The predicted molar refractivity (Wildman–Crippen MR) is 105 cm³/mol. The molecule has 0 spiro atoms. The Hall–Kier alpha value is -2.84. The van der Waals surface area contributed by atoms with E-state index in [0.29, 0.717) is 18.1 Å². The fourth-order valence-electron chi connectivity index (χ4n) is 2.65. The number of carbonyl (C=O) groups excluding carboxylic acids is 1. The highest BCUT2D eigenvalue weighted by Gasteiger charge is 2.22. The quantitative estimate of drug-likeness (QED) is 0.498. The van der Waals surface area contributed by atoms with E-state index in [-0.39, 0.29) is 17.5 Å². The summed E-state index contributed by atoms with van der Waals surface area (Å²) in [6.07, 6.45) is 0. The van der Waals surface area contributed by atoms with Crippen molar-refractivity contribution in [3.63, 3.8) is 0 Å². The summed E-state index contributed by atoms with van der Waals surface area (Å²) < 4.78 is 15.2. The molecule has 0 radical (unpaired) electrons. The molecule has 4 rings (SSSR count). The average Bonchev–Trinajstić information content (AvgIpc) is 3.41. The standard InChI is InChI=1S/C19H15FN4OS2/c1-23(11-13-7-9-26-12-13)19(25)17-21-18(16-6-3-8-27-16)24(22-17)15-5-2-4-14(20)10-15/h2-10,12H,11H2,1H3. The molecule has 3 aromatic heterocycles. The number of halogens is 1. The molecule has 136 valence electrons. The van der Waals surface area contributed by atoms with Crippen LogP contribution in [0.15, 0.2) is 58.6 Å². The maximum absolute atomic E-state index is 13.7. The van der Waals surface area contributed by atoms with Crippen molar-refractivity contribution in [3.05, 3.63) is 75.8 Å². The SMILES string of the molecule is CN(Cc1ccsc1)C(=O)c1nc(-c2cccs2)n(-c2cccc(F)c2)n1. The highest BCUT2D eigenvalue weighted by Crippen LogP contribution is 2.26. The molecule has 27 heavy (non-hydrogen) atoms. The van der Waals surface area contributed by atoms with Crippen LogP contribution in [0.2, 0.25) is 0 Å². The van der Waals surface area contributed by atoms with Crippen molar-refractivity contribution in [2.24, 2.45) is 0 Å². The van der Waals surface area contributed by atoms with E-state index in [2.05, 4.69) is 10.1 Å². The molecule has 0 aliphatic carbocycles. The third-order valence-corrected chi connectivity index (χ3v) is 5.54.